The number of fused-ring (bicyclic) bond motifs is 3. The van der Waals surface area contributed by atoms with Crippen molar-refractivity contribution in [3.63, 3.8) is 0 Å². The van der Waals surface area contributed by atoms with Gasteiger partial charge < -0.3 is 0 Å². The van der Waals surface area contributed by atoms with Gasteiger partial charge in [-0.25, -0.2) is 0 Å². The van der Waals surface area contributed by atoms with Gasteiger partial charge in [-0.3, -0.25) is 0 Å². The molecule has 0 aliphatic carbocycles. The van der Waals surface area contributed by atoms with E-state index < -0.39 is 0 Å². The first-order chi connectivity index (χ1) is 10.8. The zero-order valence-corrected chi connectivity index (χ0v) is 12.9. The van der Waals surface area contributed by atoms with Crippen LogP contribution in [0.15, 0.2) is 72.8 Å². The van der Waals surface area contributed by atoms with Crippen LogP contribution in [0.25, 0.3) is 32.7 Å². The van der Waals surface area contributed by atoms with Gasteiger partial charge in [0.1, 0.15) is 0 Å². The molecular formula is C22H18. The molecule has 0 fully saturated rings. The summed E-state index contributed by atoms with van der Waals surface area (Å²) in [6.45, 7) is 4.40. The molecule has 0 bridgehead atoms. The highest BCUT2D eigenvalue weighted by molar-refractivity contribution is 6.13. The lowest BCUT2D eigenvalue weighted by Crippen LogP contribution is -1.89. The van der Waals surface area contributed by atoms with E-state index in [0.29, 0.717) is 0 Å². The van der Waals surface area contributed by atoms with Crippen molar-refractivity contribution in [1.82, 2.24) is 0 Å². The van der Waals surface area contributed by atoms with Gasteiger partial charge in [0.2, 0.25) is 0 Å². The molecule has 0 heterocycles. The predicted molar refractivity (Wildman–Crippen MR) is 96.4 cm³/mol. The Bertz CT molecular complexity index is 993. The molecule has 0 spiro atoms. The zero-order valence-electron chi connectivity index (χ0n) is 12.9. The van der Waals surface area contributed by atoms with Crippen LogP contribution in [0.2, 0.25) is 0 Å². The Kier molecular flexibility index (Phi) is 2.97. The molecule has 0 N–H and O–H groups in total. The van der Waals surface area contributed by atoms with Gasteiger partial charge in [0.15, 0.2) is 0 Å². The summed E-state index contributed by atoms with van der Waals surface area (Å²) >= 11 is 0. The van der Waals surface area contributed by atoms with Crippen LogP contribution in [0.5, 0.6) is 0 Å². The first-order valence-electron chi connectivity index (χ1n) is 7.73. The smallest absolute Gasteiger partial charge is 0.00696 e. The summed E-state index contributed by atoms with van der Waals surface area (Å²) in [6.07, 6.45) is 0. The molecule has 0 atom stereocenters. The number of hydrogen-bond acceptors (Lipinski definition) is 0. The Hall–Kier alpha value is -2.60. The van der Waals surface area contributed by atoms with Crippen LogP contribution in [0, 0.1) is 13.8 Å². The van der Waals surface area contributed by atoms with Crippen molar-refractivity contribution < 1.29 is 0 Å². The maximum Gasteiger partial charge on any atom is -0.00696 e. The van der Waals surface area contributed by atoms with E-state index >= 15 is 0 Å². The summed E-state index contributed by atoms with van der Waals surface area (Å²) < 4.78 is 0. The van der Waals surface area contributed by atoms with E-state index in [1.54, 1.807) is 0 Å². The van der Waals surface area contributed by atoms with E-state index in [1.165, 1.54) is 43.8 Å². The second kappa shape index (κ2) is 4.99. The van der Waals surface area contributed by atoms with Crippen molar-refractivity contribution >= 4 is 21.5 Å². The van der Waals surface area contributed by atoms with Gasteiger partial charge in [-0.1, -0.05) is 72.8 Å². The summed E-state index contributed by atoms with van der Waals surface area (Å²) in [4.78, 5) is 0. The van der Waals surface area contributed by atoms with E-state index in [2.05, 4.69) is 86.6 Å². The number of benzene rings is 4. The zero-order chi connectivity index (χ0) is 15.1. The van der Waals surface area contributed by atoms with Gasteiger partial charge in [-0.2, -0.15) is 0 Å². The molecule has 4 aromatic rings. The topological polar surface area (TPSA) is 0 Å². The summed E-state index contributed by atoms with van der Waals surface area (Å²) in [5, 5.41) is 5.36. The van der Waals surface area contributed by atoms with Crippen LogP contribution in [-0.4, -0.2) is 0 Å². The van der Waals surface area contributed by atoms with Crippen molar-refractivity contribution in [2.24, 2.45) is 0 Å². The minimum atomic E-state index is 1.31. The van der Waals surface area contributed by atoms with Crippen molar-refractivity contribution in [2.75, 3.05) is 0 Å². The first-order valence-corrected chi connectivity index (χ1v) is 7.73. The largest absolute Gasteiger partial charge is 0.0620 e. The Morgan fingerprint density at radius 3 is 2.09 bits per heavy atom. The standard InChI is InChI=1S/C22H18/c1-15-8-3-5-10-18(15)20-12-7-13-21-19-11-6-4-9-17(19)14-16(2)22(20)21/h3-14H,1-2H3. The lowest BCUT2D eigenvalue weighted by molar-refractivity contribution is 1.46. The van der Waals surface area contributed by atoms with Crippen molar-refractivity contribution in [2.45, 2.75) is 13.8 Å². The number of hydrogen-bond donors (Lipinski definition) is 0. The van der Waals surface area contributed by atoms with E-state index in [1.807, 2.05) is 0 Å². The lowest BCUT2D eigenvalue weighted by atomic mass is 9.90. The summed E-state index contributed by atoms with van der Waals surface area (Å²) in [5.41, 5.74) is 5.32. The molecular weight excluding hydrogens is 264 g/mol. The first kappa shape index (κ1) is 13.1. The Morgan fingerprint density at radius 2 is 1.23 bits per heavy atom. The van der Waals surface area contributed by atoms with Crippen LogP contribution < -0.4 is 0 Å². The predicted octanol–water partition coefficient (Wildman–Crippen LogP) is 6.28. The van der Waals surface area contributed by atoms with E-state index in [-0.39, 0.29) is 0 Å². The van der Waals surface area contributed by atoms with Gasteiger partial charge in [0, 0.05) is 0 Å². The number of aryl methyl sites for hydroxylation is 2. The minimum absolute atomic E-state index is 1.31. The Balaban J connectivity index is 2.18. The minimum Gasteiger partial charge on any atom is -0.0620 e. The maximum absolute atomic E-state index is 2.30. The molecule has 0 heteroatoms. The van der Waals surface area contributed by atoms with E-state index in [4.69, 9.17) is 0 Å². The quantitative estimate of drug-likeness (QED) is 0.360. The molecule has 4 aromatic carbocycles. The fourth-order valence-corrected chi connectivity index (χ4v) is 3.47. The van der Waals surface area contributed by atoms with E-state index in [9.17, 15) is 0 Å². The average molecular weight is 282 g/mol. The fourth-order valence-electron chi connectivity index (χ4n) is 3.47. The highest BCUT2D eigenvalue weighted by Gasteiger charge is 2.10. The Labute approximate surface area is 131 Å². The monoisotopic (exact) mass is 282 g/mol. The Morgan fingerprint density at radius 1 is 0.545 bits per heavy atom. The SMILES string of the molecule is Cc1ccccc1-c1cccc2c1c(C)cc1ccccc12. The molecule has 0 saturated carbocycles. The molecule has 0 saturated heterocycles. The number of rotatable bonds is 1. The summed E-state index contributed by atoms with van der Waals surface area (Å²) in [6, 6.07) is 26.2. The third kappa shape index (κ3) is 1.92. The fraction of sp³-hybridized carbons (Fsp3) is 0.0909. The molecule has 0 aliphatic heterocycles. The second-order valence-corrected chi connectivity index (χ2v) is 5.96. The molecule has 0 amide bonds. The highest BCUT2D eigenvalue weighted by Crippen LogP contribution is 2.36. The van der Waals surface area contributed by atoms with Crippen molar-refractivity contribution in [3.05, 3.63) is 83.9 Å². The third-order valence-electron chi connectivity index (χ3n) is 4.52. The second-order valence-electron chi connectivity index (χ2n) is 5.96. The van der Waals surface area contributed by atoms with Gasteiger partial charge in [-0.15, -0.1) is 0 Å². The molecule has 0 unspecified atom stereocenters. The lowest BCUT2D eigenvalue weighted by Gasteiger charge is -2.14. The van der Waals surface area contributed by atoms with Gasteiger partial charge >= 0.3 is 0 Å². The van der Waals surface area contributed by atoms with Crippen LogP contribution in [0.4, 0.5) is 0 Å². The van der Waals surface area contributed by atoms with Gasteiger partial charge in [0.25, 0.3) is 0 Å². The average Bonchev–Trinajstić information content (AvgIpc) is 2.55. The third-order valence-corrected chi connectivity index (χ3v) is 4.52. The van der Waals surface area contributed by atoms with Crippen molar-refractivity contribution in [1.29, 1.82) is 0 Å². The molecule has 0 radical (unpaired) electrons. The van der Waals surface area contributed by atoms with Crippen LogP contribution in [0.3, 0.4) is 0 Å². The molecule has 0 aromatic heterocycles. The van der Waals surface area contributed by atoms with Crippen LogP contribution >= 0.6 is 0 Å². The molecule has 106 valence electrons. The summed E-state index contributed by atoms with van der Waals surface area (Å²) in [7, 11) is 0. The van der Waals surface area contributed by atoms with E-state index in [0.717, 1.165) is 0 Å². The summed E-state index contributed by atoms with van der Waals surface area (Å²) in [5.74, 6) is 0. The molecule has 22 heavy (non-hydrogen) atoms. The van der Waals surface area contributed by atoms with Gasteiger partial charge in [-0.05, 0) is 57.6 Å². The van der Waals surface area contributed by atoms with Crippen LogP contribution in [-0.2, 0) is 0 Å². The normalized spacial score (nSPS) is 11.2. The highest BCUT2D eigenvalue weighted by atomic mass is 14.1. The van der Waals surface area contributed by atoms with Gasteiger partial charge in [0.05, 0.1) is 0 Å². The maximum atomic E-state index is 2.30. The van der Waals surface area contributed by atoms with Crippen LogP contribution in [0.1, 0.15) is 11.1 Å². The molecule has 0 aliphatic rings. The molecule has 0 nitrogen and oxygen atoms in total. The molecule has 4 rings (SSSR count). The van der Waals surface area contributed by atoms with Crippen molar-refractivity contribution in [3.8, 4) is 11.1 Å².